The van der Waals surface area contributed by atoms with Crippen molar-refractivity contribution in [2.24, 2.45) is 0 Å². The molecule has 0 bridgehead atoms. The molecule has 0 atom stereocenters. The molecule has 4 rings (SSSR count). The Morgan fingerprint density at radius 2 is 1.67 bits per heavy atom. The lowest BCUT2D eigenvalue weighted by atomic mass is 9.85. The number of benzene rings is 2. The van der Waals surface area contributed by atoms with Crippen molar-refractivity contribution in [2.75, 3.05) is 0 Å². The van der Waals surface area contributed by atoms with Gasteiger partial charge in [-0.2, -0.15) is 0 Å². The third-order valence-corrected chi connectivity index (χ3v) is 4.53. The molecule has 0 N–H and O–H groups in total. The van der Waals surface area contributed by atoms with E-state index in [0.717, 1.165) is 6.42 Å². The van der Waals surface area contributed by atoms with E-state index in [-0.39, 0.29) is 0 Å². The fourth-order valence-corrected chi connectivity index (χ4v) is 3.68. The lowest BCUT2D eigenvalue weighted by Gasteiger charge is -2.19. The van der Waals surface area contributed by atoms with Crippen LogP contribution in [0.4, 0.5) is 0 Å². The van der Waals surface area contributed by atoms with Gasteiger partial charge >= 0.3 is 0 Å². The summed E-state index contributed by atoms with van der Waals surface area (Å²) in [6.07, 6.45) is 6.44. The van der Waals surface area contributed by atoms with Crippen LogP contribution in [0.1, 0.15) is 40.7 Å². The van der Waals surface area contributed by atoms with Crippen LogP contribution in [-0.2, 0) is 19.3 Å². The third kappa shape index (κ3) is 1.38. The van der Waals surface area contributed by atoms with Crippen LogP contribution in [0.25, 0.3) is 11.1 Å². The number of aryl methyl sites for hydroxylation is 2. The molecule has 0 spiro atoms. The number of rotatable bonds is 0. The van der Waals surface area contributed by atoms with Gasteiger partial charge in [0.05, 0.1) is 0 Å². The summed E-state index contributed by atoms with van der Waals surface area (Å²) in [5.74, 6) is 0. The number of hydrogen-bond acceptors (Lipinski definition) is 0. The van der Waals surface area contributed by atoms with E-state index in [1.54, 1.807) is 22.3 Å². The molecule has 2 aromatic rings. The van der Waals surface area contributed by atoms with Gasteiger partial charge in [0.2, 0.25) is 0 Å². The second-order valence-electron chi connectivity index (χ2n) is 5.78. The standard InChI is InChI=1S/C18H18/c1-12-6-9-17-15(10-12)11-14-8-7-13-4-2-3-5-16(13)18(14)17/h6-10H,2-5,11H2,1H3. The summed E-state index contributed by atoms with van der Waals surface area (Å²) >= 11 is 0. The summed E-state index contributed by atoms with van der Waals surface area (Å²) in [5, 5.41) is 0. The molecule has 0 fully saturated rings. The zero-order valence-corrected chi connectivity index (χ0v) is 10.9. The van der Waals surface area contributed by atoms with Crippen LogP contribution in [0.2, 0.25) is 0 Å². The van der Waals surface area contributed by atoms with E-state index in [1.807, 2.05) is 0 Å². The minimum atomic E-state index is 1.14. The van der Waals surface area contributed by atoms with Crippen molar-refractivity contribution in [3.05, 3.63) is 58.1 Å². The Morgan fingerprint density at radius 3 is 2.61 bits per heavy atom. The third-order valence-electron chi connectivity index (χ3n) is 4.53. The zero-order chi connectivity index (χ0) is 12.1. The Morgan fingerprint density at radius 1 is 0.833 bits per heavy atom. The van der Waals surface area contributed by atoms with Crippen molar-refractivity contribution >= 4 is 0 Å². The predicted octanol–water partition coefficient (Wildman–Crippen LogP) is 4.45. The molecule has 2 aliphatic carbocycles. The van der Waals surface area contributed by atoms with E-state index in [1.165, 1.54) is 42.4 Å². The zero-order valence-electron chi connectivity index (χ0n) is 10.9. The van der Waals surface area contributed by atoms with Gasteiger partial charge in [-0.15, -0.1) is 0 Å². The van der Waals surface area contributed by atoms with Gasteiger partial charge < -0.3 is 0 Å². The first-order valence-corrected chi connectivity index (χ1v) is 7.06. The highest BCUT2D eigenvalue weighted by Gasteiger charge is 2.24. The van der Waals surface area contributed by atoms with Gasteiger partial charge in [-0.25, -0.2) is 0 Å². The Bertz CT molecular complexity index is 635. The molecular formula is C18H18. The van der Waals surface area contributed by atoms with Gasteiger partial charge in [-0.1, -0.05) is 35.9 Å². The first-order chi connectivity index (χ1) is 8.83. The van der Waals surface area contributed by atoms with Crippen molar-refractivity contribution in [1.82, 2.24) is 0 Å². The van der Waals surface area contributed by atoms with Crippen molar-refractivity contribution in [3.8, 4) is 11.1 Å². The molecule has 0 amide bonds. The fraction of sp³-hybridized carbons (Fsp3) is 0.333. The van der Waals surface area contributed by atoms with Crippen molar-refractivity contribution in [1.29, 1.82) is 0 Å². The van der Waals surface area contributed by atoms with E-state index in [9.17, 15) is 0 Å². The molecule has 2 aliphatic rings. The van der Waals surface area contributed by atoms with Crippen molar-refractivity contribution in [2.45, 2.75) is 39.0 Å². The minimum absolute atomic E-state index is 1.14. The van der Waals surface area contributed by atoms with E-state index in [4.69, 9.17) is 0 Å². The lowest BCUT2D eigenvalue weighted by molar-refractivity contribution is 0.686. The van der Waals surface area contributed by atoms with Gasteiger partial charge in [-0.05, 0) is 72.4 Å². The van der Waals surface area contributed by atoms with E-state index < -0.39 is 0 Å². The van der Waals surface area contributed by atoms with Crippen molar-refractivity contribution in [3.63, 3.8) is 0 Å². The maximum Gasteiger partial charge on any atom is -0.00132 e. The molecule has 0 radical (unpaired) electrons. The summed E-state index contributed by atoms with van der Waals surface area (Å²) in [6, 6.07) is 11.7. The van der Waals surface area contributed by atoms with Gasteiger partial charge in [0.15, 0.2) is 0 Å². The molecule has 0 heterocycles. The normalized spacial score (nSPS) is 16.1. The topological polar surface area (TPSA) is 0 Å². The van der Waals surface area contributed by atoms with E-state index in [0.29, 0.717) is 0 Å². The number of hydrogen-bond donors (Lipinski definition) is 0. The Balaban J connectivity index is 1.98. The molecule has 0 aliphatic heterocycles. The predicted molar refractivity (Wildman–Crippen MR) is 76.1 cm³/mol. The number of fused-ring (bicyclic) bond motifs is 5. The van der Waals surface area contributed by atoms with Crippen molar-refractivity contribution < 1.29 is 0 Å². The van der Waals surface area contributed by atoms with Gasteiger partial charge in [0.25, 0.3) is 0 Å². The fourth-order valence-electron chi connectivity index (χ4n) is 3.68. The molecule has 0 unspecified atom stereocenters. The molecule has 0 aromatic heterocycles. The molecule has 2 aromatic carbocycles. The average Bonchev–Trinajstić information content (AvgIpc) is 2.76. The largest absolute Gasteiger partial charge is 0.0587 e. The maximum atomic E-state index is 2.38. The summed E-state index contributed by atoms with van der Waals surface area (Å²) in [5.41, 5.74) is 10.8. The summed E-state index contributed by atoms with van der Waals surface area (Å²) in [7, 11) is 0. The van der Waals surface area contributed by atoms with Crippen LogP contribution >= 0.6 is 0 Å². The second kappa shape index (κ2) is 3.71. The molecule has 0 nitrogen and oxygen atoms in total. The molecule has 18 heavy (non-hydrogen) atoms. The molecule has 0 saturated heterocycles. The van der Waals surface area contributed by atoms with Gasteiger partial charge in [0, 0.05) is 0 Å². The second-order valence-corrected chi connectivity index (χ2v) is 5.78. The highest BCUT2D eigenvalue weighted by Crippen LogP contribution is 2.42. The average molecular weight is 234 g/mol. The van der Waals surface area contributed by atoms with E-state index >= 15 is 0 Å². The molecule has 90 valence electrons. The van der Waals surface area contributed by atoms with Gasteiger partial charge in [0.1, 0.15) is 0 Å². The maximum absolute atomic E-state index is 2.38. The molecule has 0 heteroatoms. The van der Waals surface area contributed by atoms with Crippen LogP contribution in [0, 0.1) is 6.92 Å². The Labute approximate surface area is 109 Å². The summed E-state index contributed by atoms with van der Waals surface area (Å²) in [6.45, 7) is 2.19. The Hall–Kier alpha value is -1.56. The molecule has 0 saturated carbocycles. The van der Waals surface area contributed by atoms with Crippen LogP contribution < -0.4 is 0 Å². The minimum Gasteiger partial charge on any atom is -0.0587 e. The smallest absolute Gasteiger partial charge is 0.00132 e. The first kappa shape index (κ1) is 10.4. The first-order valence-electron chi connectivity index (χ1n) is 7.06. The summed E-state index contributed by atoms with van der Waals surface area (Å²) < 4.78 is 0. The Kier molecular flexibility index (Phi) is 2.14. The highest BCUT2D eigenvalue weighted by atomic mass is 14.3. The molecular weight excluding hydrogens is 216 g/mol. The van der Waals surface area contributed by atoms with Crippen LogP contribution in [0.3, 0.4) is 0 Å². The quantitative estimate of drug-likeness (QED) is 0.539. The van der Waals surface area contributed by atoms with Gasteiger partial charge in [-0.3, -0.25) is 0 Å². The SMILES string of the molecule is Cc1ccc2c(c1)Cc1ccc3c(c1-2)CCCC3. The monoisotopic (exact) mass is 234 g/mol. The summed E-state index contributed by atoms with van der Waals surface area (Å²) in [4.78, 5) is 0. The van der Waals surface area contributed by atoms with Crippen LogP contribution in [0.15, 0.2) is 30.3 Å². The lowest BCUT2D eigenvalue weighted by Crippen LogP contribution is -2.04. The highest BCUT2D eigenvalue weighted by molar-refractivity contribution is 5.81. The van der Waals surface area contributed by atoms with E-state index in [2.05, 4.69) is 37.3 Å². The van der Waals surface area contributed by atoms with Crippen LogP contribution in [0.5, 0.6) is 0 Å². The van der Waals surface area contributed by atoms with Crippen LogP contribution in [-0.4, -0.2) is 0 Å².